The predicted molar refractivity (Wildman–Crippen MR) is 121 cm³/mol. The van der Waals surface area contributed by atoms with Gasteiger partial charge in [-0.25, -0.2) is 9.67 Å². The predicted octanol–water partition coefficient (Wildman–Crippen LogP) is 5.58. The van der Waals surface area contributed by atoms with Crippen molar-refractivity contribution < 1.29 is 13.2 Å². The number of aryl methyl sites for hydroxylation is 1. The van der Waals surface area contributed by atoms with Crippen LogP contribution in [-0.4, -0.2) is 29.8 Å². The molecule has 3 heterocycles. The summed E-state index contributed by atoms with van der Waals surface area (Å²) in [5.74, 6) is 0.757. The van der Waals surface area contributed by atoms with Gasteiger partial charge in [-0.1, -0.05) is 37.6 Å². The Labute approximate surface area is 193 Å². The van der Waals surface area contributed by atoms with Gasteiger partial charge in [0.15, 0.2) is 0 Å². The molecule has 3 aromatic heterocycles. The third-order valence-corrected chi connectivity index (χ3v) is 6.14. The van der Waals surface area contributed by atoms with E-state index < -0.39 is 11.7 Å². The molecule has 33 heavy (non-hydrogen) atoms. The van der Waals surface area contributed by atoms with Gasteiger partial charge in [-0.3, -0.25) is 0 Å². The van der Waals surface area contributed by atoms with Crippen LogP contribution in [0.25, 0.3) is 11.8 Å². The Morgan fingerprint density at radius 2 is 2.00 bits per heavy atom. The van der Waals surface area contributed by atoms with Crippen LogP contribution in [0, 0.1) is 0 Å². The Kier molecular flexibility index (Phi) is 7.02. The number of hydrogen-bond donors (Lipinski definition) is 0. The third kappa shape index (κ3) is 5.57. The smallest absolute Gasteiger partial charge is 0.324 e. The monoisotopic (exact) mass is 472 g/mol. The van der Waals surface area contributed by atoms with E-state index in [0.29, 0.717) is 18.5 Å². The largest absolute Gasteiger partial charge is 0.416 e. The Hall–Kier alpha value is -3.27. The van der Waals surface area contributed by atoms with Crippen molar-refractivity contribution >= 4 is 23.1 Å². The second kappa shape index (κ2) is 10.1. The van der Waals surface area contributed by atoms with E-state index >= 15 is 0 Å². The number of benzene rings is 1. The van der Waals surface area contributed by atoms with Crippen molar-refractivity contribution in [1.82, 2.24) is 29.8 Å². The van der Waals surface area contributed by atoms with E-state index in [1.54, 1.807) is 28.3 Å². The number of aromatic nitrogens is 6. The molecule has 0 aliphatic carbocycles. The first-order valence-electron chi connectivity index (χ1n) is 10.6. The molecule has 1 aromatic carbocycles. The third-order valence-electron chi connectivity index (χ3n) is 5.27. The van der Waals surface area contributed by atoms with Gasteiger partial charge in [-0.05, 0) is 46.0 Å². The average Bonchev–Trinajstić information content (AvgIpc) is 3.55. The zero-order valence-electron chi connectivity index (χ0n) is 18.0. The number of halogens is 3. The van der Waals surface area contributed by atoms with E-state index in [1.807, 2.05) is 28.2 Å². The first-order chi connectivity index (χ1) is 16.0. The normalized spacial score (nSPS) is 12.4. The van der Waals surface area contributed by atoms with Gasteiger partial charge >= 0.3 is 6.18 Å². The van der Waals surface area contributed by atoms with Gasteiger partial charge in [0.1, 0.15) is 12.2 Å². The van der Waals surface area contributed by atoms with Crippen molar-refractivity contribution in [3.8, 4) is 0 Å². The van der Waals surface area contributed by atoms with Crippen molar-refractivity contribution in [3.63, 3.8) is 0 Å². The maximum absolute atomic E-state index is 13.6. The molecule has 6 nitrogen and oxygen atoms in total. The highest BCUT2D eigenvalue weighted by atomic mass is 32.1. The van der Waals surface area contributed by atoms with E-state index in [1.165, 1.54) is 18.5 Å². The van der Waals surface area contributed by atoms with Crippen molar-refractivity contribution in [3.05, 3.63) is 81.8 Å². The van der Waals surface area contributed by atoms with Crippen molar-refractivity contribution in [2.24, 2.45) is 0 Å². The molecule has 0 spiro atoms. The minimum Gasteiger partial charge on any atom is -0.324 e. The molecule has 4 aromatic rings. The summed E-state index contributed by atoms with van der Waals surface area (Å²) in [4.78, 5) is 5.67. The van der Waals surface area contributed by atoms with Crippen LogP contribution in [0.4, 0.5) is 13.2 Å². The molecule has 0 bridgehead atoms. The second-order valence-electron chi connectivity index (χ2n) is 7.59. The van der Waals surface area contributed by atoms with Gasteiger partial charge in [0.2, 0.25) is 0 Å². The zero-order valence-corrected chi connectivity index (χ0v) is 18.9. The van der Waals surface area contributed by atoms with Gasteiger partial charge in [0.05, 0.1) is 23.2 Å². The topological polar surface area (TPSA) is 61.4 Å². The molecule has 172 valence electrons. The maximum Gasteiger partial charge on any atom is 0.416 e. The molecule has 0 amide bonds. The standard InChI is InChI=1S/C23H23F3N6S/c1-2-3-10-22-27-14-19(31(22)15-17-7-4-5-9-21(17)23(24,25)26)12-18(32-16-28-29-30-32)13-20-8-6-11-33-20/h4-9,11-12,14,16H,2-3,10,13,15H2,1H3/b18-12+. The Bertz CT molecular complexity index is 1190. The lowest BCUT2D eigenvalue weighted by Crippen LogP contribution is -2.14. The molecule has 0 aliphatic rings. The van der Waals surface area contributed by atoms with Crippen LogP contribution in [-0.2, 0) is 25.6 Å². The molecule has 0 unspecified atom stereocenters. The van der Waals surface area contributed by atoms with E-state index in [4.69, 9.17) is 0 Å². The molecular formula is C23H23F3N6S. The highest BCUT2D eigenvalue weighted by molar-refractivity contribution is 7.10. The Balaban J connectivity index is 1.77. The fourth-order valence-corrected chi connectivity index (χ4v) is 4.34. The molecule has 0 fully saturated rings. The number of tetrazole rings is 1. The van der Waals surface area contributed by atoms with Gasteiger partial charge < -0.3 is 4.57 Å². The first-order valence-corrected chi connectivity index (χ1v) is 11.5. The van der Waals surface area contributed by atoms with E-state index in [-0.39, 0.29) is 12.1 Å². The zero-order chi connectivity index (χ0) is 23.3. The van der Waals surface area contributed by atoms with E-state index in [2.05, 4.69) is 27.4 Å². The number of thiophene rings is 1. The van der Waals surface area contributed by atoms with E-state index in [9.17, 15) is 13.2 Å². The minimum absolute atomic E-state index is 0.0719. The summed E-state index contributed by atoms with van der Waals surface area (Å²) < 4.78 is 44.3. The lowest BCUT2D eigenvalue weighted by molar-refractivity contribution is -0.138. The number of alkyl halides is 3. The van der Waals surface area contributed by atoms with Crippen molar-refractivity contribution in [2.45, 2.75) is 45.3 Å². The summed E-state index contributed by atoms with van der Waals surface area (Å²) in [6.45, 7) is 2.15. The molecule has 0 saturated heterocycles. The van der Waals surface area contributed by atoms with Crippen LogP contribution in [0.2, 0.25) is 0 Å². The number of unbranched alkanes of at least 4 members (excludes halogenated alkanes) is 1. The number of imidazole rings is 1. The summed E-state index contributed by atoms with van der Waals surface area (Å²) >= 11 is 1.62. The fraction of sp³-hybridized carbons (Fsp3) is 0.304. The fourth-order valence-electron chi connectivity index (χ4n) is 3.62. The quantitative estimate of drug-likeness (QED) is 0.319. The first kappa shape index (κ1) is 22.9. The summed E-state index contributed by atoms with van der Waals surface area (Å²) in [5.41, 5.74) is 1.09. The van der Waals surface area contributed by atoms with E-state index in [0.717, 1.165) is 35.3 Å². The number of allylic oxidation sites excluding steroid dienone is 1. The second-order valence-corrected chi connectivity index (χ2v) is 8.62. The maximum atomic E-state index is 13.6. The molecular weight excluding hydrogens is 449 g/mol. The SMILES string of the molecule is CCCCc1ncc(/C=C(\Cc2cccs2)n2cnnn2)n1Cc1ccccc1C(F)(F)F. The van der Waals surface area contributed by atoms with Gasteiger partial charge in [0.25, 0.3) is 0 Å². The Morgan fingerprint density at radius 3 is 2.70 bits per heavy atom. The van der Waals surface area contributed by atoms with Crippen LogP contribution in [0.15, 0.2) is 54.3 Å². The molecule has 0 aliphatic heterocycles. The molecule has 0 radical (unpaired) electrons. The molecule has 4 rings (SSSR count). The summed E-state index contributed by atoms with van der Waals surface area (Å²) in [6, 6.07) is 9.68. The molecule has 0 saturated carbocycles. The van der Waals surface area contributed by atoms with Gasteiger partial charge in [-0.2, -0.15) is 13.2 Å². The minimum atomic E-state index is -4.42. The number of rotatable bonds is 9. The average molecular weight is 473 g/mol. The van der Waals surface area contributed by atoms with Crippen LogP contribution in [0.5, 0.6) is 0 Å². The Morgan fingerprint density at radius 1 is 1.15 bits per heavy atom. The lowest BCUT2D eigenvalue weighted by atomic mass is 10.1. The van der Waals surface area contributed by atoms with Crippen LogP contribution < -0.4 is 0 Å². The van der Waals surface area contributed by atoms with Crippen LogP contribution in [0.3, 0.4) is 0 Å². The molecule has 0 N–H and O–H groups in total. The highest BCUT2D eigenvalue weighted by Crippen LogP contribution is 2.33. The molecule has 10 heteroatoms. The van der Waals surface area contributed by atoms with Gasteiger partial charge in [-0.15, -0.1) is 16.4 Å². The summed E-state index contributed by atoms with van der Waals surface area (Å²) in [6.07, 6.45) is 3.82. The number of hydrogen-bond acceptors (Lipinski definition) is 5. The lowest BCUT2D eigenvalue weighted by Gasteiger charge is -2.16. The highest BCUT2D eigenvalue weighted by Gasteiger charge is 2.33. The van der Waals surface area contributed by atoms with Gasteiger partial charge in [0, 0.05) is 24.3 Å². The van der Waals surface area contributed by atoms with Crippen LogP contribution in [0.1, 0.15) is 47.3 Å². The molecule has 0 atom stereocenters. The summed E-state index contributed by atoms with van der Waals surface area (Å²) in [5, 5.41) is 13.5. The van der Waals surface area contributed by atoms with Crippen LogP contribution >= 0.6 is 11.3 Å². The van der Waals surface area contributed by atoms with Crippen molar-refractivity contribution in [1.29, 1.82) is 0 Å². The van der Waals surface area contributed by atoms with Crippen molar-refractivity contribution in [2.75, 3.05) is 0 Å². The number of nitrogens with zero attached hydrogens (tertiary/aromatic N) is 6. The summed E-state index contributed by atoms with van der Waals surface area (Å²) in [7, 11) is 0.